The number of carbonyl (C=O) groups is 1. The number of quaternary nitrogens is 1. The lowest BCUT2D eigenvalue weighted by molar-refractivity contribution is -0.892. The summed E-state index contributed by atoms with van der Waals surface area (Å²) in [6, 6.07) is 7.99. The van der Waals surface area contributed by atoms with Gasteiger partial charge in [0.25, 0.3) is 5.91 Å². The molecule has 2 rings (SSSR count). The van der Waals surface area contributed by atoms with Crippen LogP contribution in [0.15, 0.2) is 24.3 Å². The number of hydrogen-bond donors (Lipinski definition) is 2. The lowest BCUT2D eigenvalue weighted by Crippen LogP contribution is -3.13. The van der Waals surface area contributed by atoms with Crippen LogP contribution in [-0.2, 0) is 4.79 Å². The van der Waals surface area contributed by atoms with Gasteiger partial charge in [0.15, 0.2) is 6.54 Å². The second-order valence-electron chi connectivity index (χ2n) is 5.61. The van der Waals surface area contributed by atoms with E-state index in [1.807, 2.05) is 24.3 Å². The zero-order chi connectivity index (χ0) is 13.5. The van der Waals surface area contributed by atoms with Gasteiger partial charge in [-0.05, 0) is 44.7 Å². The third-order valence-corrected chi connectivity index (χ3v) is 3.81. The first-order valence-corrected chi connectivity index (χ1v) is 7.44. The van der Waals surface area contributed by atoms with Crippen LogP contribution in [-0.4, -0.2) is 25.5 Å². The highest BCUT2D eigenvalue weighted by Crippen LogP contribution is 2.08. The second kappa shape index (κ2) is 7.29. The van der Waals surface area contributed by atoms with E-state index in [0.29, 0.717) is 6.54 Å². The van der Waals surface area contributed by atoms with Crippen LogP contribution in [0.4, 0.5) is 5.69 Å². The van der Waals surface area contributed by atoms with Crippen molar-refractivity contribution in [3.05, 3.63) is 29.8 Å². The molecule has 1 aliphatic heterocycles. The summed E-state index contributed by atoms with van der Waals surface area (Å²) in [5.41, 5.74) is 2.12. The normalized spacial score (nSPS) is 17.5. The standard InChI is InChI=1S/C16H24N2O/c1-14-7-9-15(10-8-14)17-16(19)13-18-11-5-3-2-4-6-12-18/h7-10H,2-6,11-13H2,1H3,(H,17,19)/p+1. The SMILES string of the molecule is Cc1ccc(NC(=O)C[NH+]2CCCCCCC2)cc1. The highest BCUT2D eigenvalue weighted by atomic mass is 16.2. The minimum absolute atomic E-state index is 0.138. The molecule has 104 valence electrons. The largest absolute Gasteiger partial charge is 0.327 e. The Morgan fingerprint density at radius 2 is 1.63 bits per heavy atom. The molecule has 0 radical (unpaired) electrons. The second-order valence-corrected chi connectivity index (χ2v) is 5.61. The number of aryl methyl sites for hydroxylation is 1. The van der Waals surface area contributed by atoms with E-state index in [4.69, 9.17) is 0 Å². The molecular weight excluding hydrogens is 236 g/mol. The lowest BCUT2D eigenvalue weighted by atomic mass is 10.1. The highest BCUT2D eigenvalue weighted by molar-refractivity contribution is 5.91. The van der Waals surface area contributed by atoms with E-state index in [0.717, 1.165) is 18.8 Å². The number of benzene rings is 1. The van der Waals surface area contributed by atoms with E-state index < -0.39 is 0 Å². The minimum atomic E-state index is 0.138. The summed E-state index contributed by atoms with van der Waals surface area (Å²) in [6.07, 6.45) is 6.52. The molecular formula is C16H25N2O+. The molecule has 0 saturated carbocycles. The van der Waals surface area contributed by atoms with Crippen molar-refractivity contribution in [3.8, 4) is 0 Å². The van der Waals surface area contributed by atoms with Crippen LogP contribution in [0.1, 0.15) is 37.7 Å². The van der Waals surface area contributed by atoms with Gasteiger partial charge in [0, 0.05) is 5.69 Å². The van der Waals surface area contributed by atoms with Gasteiger partial charge in [0.2, 0.25) is 0 Å². The fourth-order valence-electron chi connectivity index (χ4n) is 2.65. The Morgan fingerprint density at radius 3 is 2.26 bits per heavy atom. The van der Waals surface area contributed by atoms with E-state index in [2.05, 4.69) is 12.2 Å². The molecule has 0 atom stereocenters. The number of hydrogen-bond acceptors (Lipinski definition) is 1. The predicted molar refractivity (Wildman–Crippen MR) is 78.5 cm³/mol. The van der Waals surface area contributed by atoms with Crippen LogP contribution in [0.3, 0.4) is 0 Å². The van der Waals surface area contributed by atoms with Crippen molar-refractivity contribution in [2.24, 2.45) is 0 Å². The van der Waals surface area contributed by atoms with Gasteiger partial charge < -0.3 is 10.2 Å². The van der Waals surface area contributed by atoms with Gasteiger partial charge in [-0.25, -0.2) is 0 Å². The molecule has 0 unspecified atom stereocenters. The van der Waals surface area contributed by atoms with Gasteiger partial charge in [-0.2, -0.15) is 0 Å². The van der Waals surface area contributed by atoms with Crippen LogP contribution >= 0.6 is 0 Å². The van der Waals surface area contributed by atoms with E-state index >= 15 is 0 Å². The molecule has 3 heteroatoms. The van der Waals surface area contributed by atoms with Gasteiger partial charge in [-0.15, -0.1) is 0 Å². The van der Waals surface area contributed by atoms with Gasteiger partial charge in [-0.1, -0.05) is 24.1 Å². The predicted octanol–water partition coefficient (Wildman–Crippen LogP) is 1.78. The van der Waals surface area contributed by atoms with Crippen LogP contribution in [0.2, 0.25) is 0 Å². The van der Waals surface area contributed by atoms with Crippen LogP contribution < -0.4 is 10.2 Å². The Bertz CT molecular complexity index is 392. The molecule has 1 aliphatic rings. The number of amides is 1. The molecule has 1 heterocycles. The van der Waals surface area contributed by atoms with Crippen LogP contribution in [0.25, 0.3) is 0 Å². The molecule has 0 aromatic heterocycles. The Hall–Kier alpha value is -1.35. The Labute approximate surface area is 116 Å². The van der Waals surface area contributed by atoms with Crippen LogP contribution in [0.5, 0.6) is 0 Å². The van der Waals surface area contributed by atoms with Crippen molar-refractivity contribution in [3.63, 3.8) is 0 Å². The highest BCUT2D eigenvalue weighted by Gasteiger charge is 2.15. The molecule has 1 fully saturated rings. The molecule has 2 N–H and O–H groups in total. The molecule has 1 amide bonds. The maximum atomic E-state index is 12.0. The van der Waals surface area contributed by atoms with Gasteiger partial charge >= 0.3 is 0 Å². The zero-order valence-electron chi connectivity index (χ0n) is 11.9. The van der Waals surface area contributed by atoms with E-state index in [1.165, 1.54) is 42.6 Å². The molecule has 1 aromatic rings. The Balaban J connectivity index is 1.80. The van der Waals surface area contributed by atoms with E-state index in [1.54, 1.807) is 0 Å². The van der Waals surface area contributed by atoms with Crippen molar-refractivity contribution in [2.75, 3.05) is 25.0 Å². The number of carbonyl (C=O) groups excluding carboxylic acids is 1. The third kappa shape index (κ3) is 5.03. The van der Waals surface area contributed by atoms with Crippen LogP contribution in [0, 0.1) is 6.92 Å². The zero-order valence-corrected chi connectivity index (χ0v) is 11.9. The first-order valence-electron chi connectivity index (χ1n) is 7.44. The summed E-state index contributed by atoms with van der Waals surface area (Å²) >= 11 is 0. The molecule has 1 aromatic carbocycles. The number of likely N-dealkylation sites (tertiary alicyclic amines) is 1. The fourth-order valence-corrected chi connectivity index (χ4v) is 2.65. The van der Waals surface area contributed by atoms with E-state index in [-0.39, 0.29) is 5.91 Å². The van der Waals surface area contributed by atoms with Gasteiger partial charge in [0.05, 0.1) is 13.1 Å². The van der Waals surface area contributed by atoms with Crippen molar-refractivity contribution in [1.29, 1.82) is 0 Å². The summed E-state index contributed by atoms with van der Waals surface area (Å²) in [4.78, 5) is 13.5. The summed E-state index contributed by atoms with van der Waals surface area (Å²) in [6.45, 7) is 4.94. The average Bonchev–Trinajstić information content (AvgIpc) is 2.35. The topological polar surface area (TPSA) is 33.5 Å². The van der Waals surface area contributed by atoms with Crippen molar-refractivity contribution < 1.29 is 9.69 Å². The van der Waals surface area contributed by atoms with Gasteiger partial charge in [-0.3, -0.25) is 4.79 Å². The number of anilines is 1. The lowest BCUT2D eigenvalue weighted by Gasteiger charge is -2.21. The maximum Gasteiger partial charge on any atom is 0.279 e. The Kier molecular flexibility index (Phi) is 5.40. The van der Waals surface area contributed by atoms with Crippen molar-refractivity contribution in [2.45, 2.75) is 39.0 Å². The molecule has 19 heavy (non-hydrogen) atoms. The summed E-state index contributed by atoms with van der Waals surface area (Å²) in [5.74, 6) is 0.138. The molecule has 3 nitrogen and oxygen atoms in total. The minimum Gasteiger partial charge on any atom is -0.327 e. The number of nitrogens with one attached hydrogen (secondary N) is 2. The molecule has 1 saturated heterocycles. The maximum absolute atomic E-state index is 12.0. The van der Waals surface area contributed by atoms with Gasteiger partial charge in [0.1, 0.15) is 0 Å². The summed E-state index contributed by atoms with van der Waals surface area (Å²) < 4.78 is 0. The Morgan fingerprint density at radius 1 is 1.05 bits per heavy atom. The van der Waals surface area contributed by atoms with Crippen molar-refractivity contribution in [1.82, 2.24) is 0 Å². The first kappa shape index (κ1) is 14.1. The number of rotatable bonds is 3. The molecule has 0 spiro atoms. The summed E-state index contributed by atoms with van der Waals surface area (Å²) in [7, 11) is 0. The first-order chi connectivity index (χ1) is 9.24. The monoisotopic (exact) mass is 261 g/mol. The summed E-state index contributed by atoms with van der Waals surface area (Å²) in [5, 5.41) is 2.99. The third-order valence-electron chi connectivity index (χ3n) is 3.81. The average molecular weight is 261 g/mol. The molecule has 0 bridgehead atoms. The fraction of sp³-hybridized carbons (Fsp3) is 0.562. The van der Waals surface area contributed by atoms with Crippen molar-refractivity contribution >= 4 is 11.6 Å². The van der Waals surface area contributed by atoms with E-state index in [9.17, 15) is 4.79 Å². The quantitative estimate of drug-likeness (QED) is 0.854. The smallest absolute Gasteiger partial charge is 0.279 e. The molecule has 0 aliphatic carbocycles.